The second kappa shape index (κ2) is 7.85. The number of rotatable bonds is 8. The largest absolute Gasteiger partial charge is 0.309 e. The SMILES string of the molecule is CCCCC(CC#N)n1cc(-c2cccc3nc(NC(=O)C4CC4)cn23)cn1. The molecule has 0 aliphatic heterocycles. The number of nitrogens with zero attached hydrogens (tertiary/aromatic N) is 5. The molecule has 1 N–H and O–H groups in total. The Kier molecular flexibility index (Phi) is 5.11. The lowest BCUT2D eigenvalue weighted by atomic mass is 10.1. The molecule has 1 saturated carbocycles. The Morgan fingerprint density at radius 2 is 2.25 bits per heavy atom. The zero-order valence-electron chi connectivity index (χ0n) is 16.0. The van der Waals surface area contributed by atoms with Gasteiger partial charge in [-0.25, -0.2) is 4.98 Å². The summed E-state index contributed by atoms with van der Waals surface area (Å²) in [5.74, 6) is 0.762. The number of imidazole rings is 1. The standard InChI is InChI=1S/C21H24N6O/c1-2-3-5-17(10-11-22)27-13-16(12-23-27)18-6-4-7-20-24-19(14-26(18)20)25-21(28)15-8-9-15/h4,6-7,12-15,17H,2-3,5,8-10H2,1H3,(H,25,28). The molecule has 0 aromatic carbocycles. The van der Waals surface area contributed by atoms with Crippen LogP contribution in [0.3, 0.4) is 0 Å². The molecule has 0 bridgehead atoms. The molecule has 3 aromatic rings. The van der Waals surface area contributed by atoms with E-state index in [1.165, 1.54) is 0 Å². The fraction of sp³-hybridized carbons (Fsp3) is 0.429. The van der Waals surface area contributed by atoms with Gasteiger partial charge in [-0.15, -0.1) is 0 Å². The van der Waals surface area contributed by atoms with Crippen LogP contribution in [0.15, 0.2) is 36.8 Å². The Morgan fingerprint density at radius 1 is 1.39 bits per heavy atom. The summed E-state index contributed by atoms with van der Waals surface area (Å²) < 4.78 is 3.87. The van der Waals surface area contributed by atoms with Gasteiger partial charge in [0.05, 0.1) is 36.6 Å². The average molecular weight is 376 g/mol. The number of fused-ring (bicyclic) bond motifs is 1. The van der Waals surface area contributed by atoms with Crippen LogP contribution in [0.5, 0.6) is 0 Å². The Balaban J connectivity index is 1.61. The average Bonchev–Trinajstić information content (AvgIpc) is 3.29. The zero-order valence-corrected chi connectivity index (χ0v) is 16.0. The molecular weight excluding hydrogens is 352 g/mol. The van der Waals surface area contributed by atoms with Gasteiger partial charge in [0.2, 0.25) is 5.91 Å². The molecule has 1 fully saturated rings. The van der Waals surface area contributed by atoms with Crippen LogP contribution in [0.2, 0.25) is 0 Å². The highest BCUT2D eigenvalue weighted by atomic mass is 16.2. The smallest absolute Gasteiger partial charge is 0.228 e. The van der Waals surface area contributed by atoms with Crippen molar-refractivity contribution in [1.82, 2.24) is 19.2 Å². The third-order valence-corrected chi connectivity index (χ3v) is 5.18. The van der Waals surface area contributed by atoms with Gasteiger partial charge >= 0.3 is 0 Å². The van der Waals surface area contributed by atoms with E-state index in [1.807, 2.05) is 45.9 Å². The van der Waals surface area contributed by atoms with E-state index < -0.39 is 0 Å². The Morgan fingerprint density at radius 3 is 3.00 bits per heavy atom. The van der Waals surface area contributed by atoms with Gasteiger partial charge in [-0.05, 0) is 31.4 Å². The topological polar surface area (TPSA) is 88.0 Å². The monoisotopic (exact) mass is 376 g/mol. The first-order valence-electron chi connectivity index (χ1n) is 9.90. The summed E-state index contributed by atoms with van der Waals surface area (Å²) in [7, 11) is 0. The summed E-state index contributed by atoms with van der Waals surface area (Å²) in [6.45, 7) is 2.15. The van der Waals surface area contributed by atoms with Crippen LogP contribution >= 0.6 is 0 Å². The lowest BCUT2D eigenvalue weighted by molar-refractivity contribution is -0.117. The Labute approximate surface area is 164 Å². The van der Waals surface area contributed by atoms with Crippen LogP contribution in [-0.4, -0.2) is 25.1 Å². The molecule has 1 aliphatic rings. The molecule has 7 heteroatoms. The van der Waals surface area contributed by atoms with Crippen LogP contribution in [0.4, 0.5) is 5.82 Å². The van der Waals surface area contributed by atoms with Crippen molar-refractivity contribution in [3.63, 3.8) is 0 Å². The van der Waals surface area contributed by atoms with E-state index >= 15 is 0 Å². The highest BCUT2D eigenvalue weighted by molar-refractivity contribution is 5.93. The van der Waals surface area contributed by atoms with E-state index in [4.69, 9.17) is 5.26 Å². The first-order chi connectivity index (χ1) is 13.7. The van der Waals surface area contributed by atoms with Crippen molar-refractivity contribution in [2.24, 2.45) is 5.92 Å². The first-order valence-corrected chi connectivity index (χ1v) is 9.90. The minimum atomic E-state index is 0.0491. The minimum Gasteiger partial charge on any atom is -0.309 e. The summed E-state index contributed by atoms with van der Waals surface area (Å²) >= 11 is 0. The number of nitrogens with one attached hydrogen (secondary N) is 1. The van der Waals surface area contributed by atoms with Crippen molar-refractivity contribution >= 4 is 17.4 Å². The van der Waals surface area contributed by atoms with Gasteiger partial charge in [0.25, 0.3) is 0 Å². The molecule has 4 rings (SSSR count). The first kappa shape index (κ1) is 18.2. The van der Waals surface area contributed by atoms with Gasteiger partial charge in [-0.3, -0.25) is 13.9 Å². The molecule has 0 spiro atoms. The number of carbonyl (C=O) groups is 1. The molecule has 144 valence electrons. The number of carbonyl (C=O) groups excluding carboxylic acids is 1. The maximum Gasteiger partial charge on any atom is 0.228 e. The van der Waals surface area contributed by atoms with E-state index in [0.29, 0.717) is 12.2 Å². The molecule has 3 heterocycles. The van der Waals surface area contributed by atoms with Crippen molar-refractivity contribution < 1.29 is 4.79 Å². The van der Waals surface area contributed by atoms with E-state index in [-0.39, 0.29) is 17.9 Å². The highest BCUT2D eigenvalue weighted by Gasteiger charge is 2.30. The number of hydrogen-bond acceptors (Lipinski definition) is 4. The van der Waals surface area contributed by atoms with Gasteiger partial charge in [-0.2, -0.15) is 10.4 Å². The molecular formula is C21H24N6O. The van der Waals surface area contributed by atoms with Crippen molar-refractivity contribution in [3.8, 4) is 17.3 Å². The highest BCUT2D eigenvalue weighted by Crippen LogP contribution is 2.30. The summed E-state index contributed by atoms with van der Waals surface area (Å²) in [6, 6.07) is 8.24. The number of pyridine rings is 1. The van der Waals surface area contributed by atoms with E-state index in [2.05, 4.69) is 28.4 Å². The van der Waals surface area contributed by atoms with Gasteiger partial charge in [0.15, 0.2) is 5.82 Å². The van der Waals surface area contributed by atoms with E-state index in [9.17, 15) is 4.79 Å². The number of unbranched alkanes of at least 4 members (excludes halogenated alkanes) is 1. The number of nitriles is 1. The zero-order chi connectivity index (χ0) is 19.5. The van der Waals surface area contributed by atoms with Crippen molar-refractivity contribution in [3.05, 3.63) is 36.8 Å². The van der Waals surface area contributed by atoms with Crippen molar-refractivity contribution in [2.45, 2.75) is 51.5 Å². The van der Waals surface area contributed by atoms with E-state index in [0.717, 1.165) is 49.0 Å². The lowest BCUT2D eigenvalue weighted by Gasteiger charge is -2.13. The Bertz CT molecular complexity index is 1020. The Hall–Kier alpha value is -3.14. The normalized spacial score (nSPS) is 14.7. The van der Waals surface area contributed by atoms with Gasteiger partial charge in [0.1, 0.15) is 5.65 Å². The van der Waals surface area contributed by atoms with Crippen LogP contribution in [0, 0.1) is 17.2 Å². The predicted octanol–water partition coefficient (Wildman–Crippen LogP) is 4.19. The van der Waals surface area contributed by atoms with Gasteiger partial charge in [0, 0.05) is 17.7 Å². The molecule has 7 nitrogen and oxygen atoms in total. The van der Waals surface area contributed by atoms with Crippen LogP contribution in [-0.2, 0) is 4.79 Å². The molecule has 1 unspecified atom stereocenters. The fourth-order valence-corrected chi connectivity index (χ4v) is 3.42. The number of aromatic nitrogens is 4. The third kappa shape index (κ3) is 3.77. The number of anilines is 1. The van der Waals surface area contributed by atoms with Crippen LogP contribution in [0.1, 0.15) is 51.5 Å². The van der Waals surface area contributed by atoms with Gasteiger partial charge in [-0.1, -0.05) is 25.8 Å². The molecule has 28 heavy (non-hydrogen) atoms. The summed E-state index contributed by atoms with van der Waals surface area (Å²) in [5.41, 5.74) is 2.69. The molecule has 0 saturated heterocycles. The second-order valence-electron chi connectivity index (χ2n) is 7.40. The fourth-order valence-electron chi connectivity index (χ4n) is 3.42. The minimum absolute atomic E-state index is 0.0491. The molecule has 1 aliphatic carbocycles. The summed E-state index contributed by atoms with van der Waals surface area (Å²) in [5, 5.41) is 16.6. The van der Waals surface area contributed by atoms with Crippen molar-refractivity contribution in [1.29, 1.82) is 5.26 Å². The predicted molar refractivity (Wildman–Crippen MR) is 107 cm³/mol. The van der Waals surface area contributed by atoms with Gasteiger partial charge < -0.3 is 5.32 Å². The second-order valence-corrected chi connectivity index (χ2v) is 7.40. The third-order valence-electron chi connectivity index (χ3n) is 5.18. The molecule has 1 amide bonds. The molecule has 3 aromatic heterocycles. The quantitative estimate of drug-likeness (QED) is 0.638. The summed E-state index contributed by atoms with van der Waals surface area (Å²) in [4.78, 5) is 16.6. The van der Waals surface area contributed by atoms with Crippen LogP contribution in [0.25, 0.3) is 16.9 Å². The van der Waals surface area contributed by atoms with Crippen LogP contribution < -0.4 is 5.32 Å². The molecule has 0 radical (unpaired) electrons. The maximum atomic E-state index is 12.0. The van der Waals surface area contributed by atoms with Crippen molar-refractivity contribution in [2.75, 3.05) is 5.32 Å². The van der Waals surface area contributed by atoms with E-state index in [1.54, 1.807) is 0 Å². The summed E-state index contributed by atoms with van der Waals surface area (Å²) in [6.07, 6.45) is 11.2. The number of amides is 1. The lowest BCUT2D eigenvalue weighted by Crippen LogP contribution is -2.13. The molecule has 1 atom stereocenters. The number of hydrogen-bond donors (Lipinski definition) is 1. The maximum absolute atomic E-state index is 12.0.